The molecule has 3 aromatic rings. The van der Waals surface area contributed by atoms with E-state index in [1.807, 2.05) is 48.7 Å². The summed E-state index contributed by atoms with van der Waals surface area (Å²) in [6.07, 6.45) is 3.82. The molecule has 1 aromatic heterocycles. The zero-order valence-electron chi connectivity index (χ0n) is 12.9. The van der Waals surface area contributed by atoms with E-state index in [9.17, 15) is 4.79 Å². The van der Waals surface area contributed by atoms with Crippen molar-refractivity contribution in [2.75, 3.05) is 11.9 Å². The van der Waals surface area contributed by atoms with Crippen LogP contribution in [0.25, 0.3) is 5.69 Å². The number of benzene rings is 2. The van der Waals surface area contributed by atoms with Crippen LogP contribution in [-0.2, 0) is 4.79 Å². The standard InChI is InChI=1S/C18H16ClN3O2/c19-16-4-1-2-5-17(16)24-13-10-18(23)21-14-6-8-15(9-7-14)22-12-3-11-20-22/h1-9,11-12H,10,13H2,(H,21,23). The van der Waals surface area contributed by atoms with E-state index >= 15 is 0 Å². The molecule has 2 aromatic carbocycles. The van der Waals surface area contributed by atoms with Gasteiger partial charge in [-0.25, -0.2) is 4.68 Å². The summed E-state index contributed by atoms with van der Waals surface area (Å²) in [5.74, 6) is 0.462. The molecule has 1 heterocycles. The second kappa shape index (κ2) is 7.66. The van der Waals surface area contributed by atoms with Gasteiger partial charge in [0.25, 0.3) is 0 Å². The molecule has 5 nitrogen and oxygen atoms in total. The van der Waals surface area contributed by atoms with Crippen LogP contribution in [0.15, 0.2) is 67.0 Å². The van der Waals surface area contributed by atoms with Crippen LogP contribution in [0.2, 0.25) is 5.02 Å². The summed E-state index contributed by atoms with van der Waals surface area (Å²) in [7, 11) is 0. The second-order valence-electron chi connectivity index (χ2n) is 5.07. The van der Waals surface area contributed by atoms with Crippen molar-refractivity contribution in [3.05, 3.63) is 72.0 Å². The largest absolute Gasteiger partial charge is 0.491 e. The second-order valence-corrected chi connectivity index (χ2v) is 5.48. The molecule has 0 aliphatic heterocycles. The van der Waals surface area contributed by atoms with Crippen LogP contribution in [0.1, 0.15) is 6.42 Å². The highest BCUT2D eigenvalue weighted by Gasteiger charge is 2.05. The van der Waals surface area contributed by atoms with Gasteiger partial charge in [0.2, 0.25) is 5.91 Å². The number of hydrogen-bond donors (Lipinski definition) is 1. The van der Waals surface area contributed by atoms with Gasteiger partial charge in [-0.3, -0.25) is 4.79 Å². The fraction of sp³-hybridized carbons (Fsp3) is 0.111. The maximum atomic E-state index is 12.0. The molecule has 3 rings (SSSR count). The molecule has 0 radical (unpaired) electrons. The summed E-state index contributed by atoms with van der Waals surface area (Å²) in [4.78, 5) is 12.0. The number of nitrogens with zero attached hydrogens (tertiary/aromatic N) is 2. The van der Waals surface area contributed by atoms with Gasteiger partial charge in [0, 0.05) is 18.1 Å². The lowest BCUT2D eigenvalue weighted by molar-refractivity contribution is -0.116. The average molecular weight is 342 g/mol. The summed E-state index contributed by atoms with van der Waals surface area (Å²) >= 11 is 5.99. The van der Waals surface area contributed by atoms with E-state index in [0.717, 1.165) is 11.4 Å². The zero-order valence-corrected chi connectivity index (χ0v) is 13.6. The number of amides is 1. The van der Waals surface area contributed by atoms with E-state index in [0.29, 0.717) is 10.8 Å². The number of carbonyl (C=O) groups excluding carboxylic acids is 1. The van der Waals surface area contributed by atoms with Gasteiger partial charge < -0.3 is 10.1 Å². The number of rotatable bonds is 6. The van der Waals surface area contributed by atoms with Crippen molar-refractivity contribution < 1.29 is 9.53 Å². The van der Waals surface area contributed by atoms with Gasteiger partial charge in [0.05, 0.1) is 23.7 Å². The molecule has 0 aliphatic rings. The SMILES string of the molecule is O=C(CCOc1ccccc1Cl)Nc1ccc(-n2cccn2)cc1. The fourth-order valence-corrected chi connectivity index (χ4v) is 2.35. The Labute approximate surface area is 144 Å². The van der Waals surface area contributed by atoms with Gasteiger partial charge in [0.1, 0.15) is 5.75 Å². The molecular formula is C18H16ClN3O2. The Hall–Kier alpha value is -2.79. The van der Waals surface area contributed by atoms with Gasteiger partial charge in [-0.2, -0.15) is 5.10 Å². The lowest BCUT2D eigenvalue weighted by Crippen LogP contribution is -2.15. The van der Waals surface area contributed by atoms with Gasteiger partial charge in [-0.15, -0.1) is 0 Å². The number of halogens is 1. The number of aromatic nitrogens is 2. The smallest absolute Gasteiger partial charge is 0.227 e. The molecule has 24 heavy (non-hydrogen) atoms. The molecule has 0 saturated carbocycles. The molecule has 0 aliphatic carbocycles. The van der Waals surface area contributed by atoms with E-state index in [2.05, 4.69) is 10.4 Å². The summed E-state index contributed by atoms with van der Waals surface area (Å²) in [6.45, 7) is 0.265. The minimum Gasteiger partial charge on any atom is -0.491 e. The molecule has 1 amide bonds. The topological polar surface area (TPSA) is 56.1 Å². The Kier molecular flexibility index (Phi) is 5.13. The molecule has 1 N–H and O–H groups in total. The molecule has 0 unspecified atom stereocenters. The summed E-state index contributed by atoms with van der Waals surface area (Å²) < 4.78 is 7.26. The third kappa shape index (κ3) is 4.14. The Morgan fingerprint density at radius 2 is 1.92 bits per heavy atom. The first-order chi connectivity index (χ1) is 11.7. The van der Waals surface area contributed by atoms with Crippen molar-refractivity contribution >= 4 is 23.2 Å². The van der Waals surface area contributed by atoms with Crippen molar-refractivity contribution in [2.45, 2.75) is 6.42 Å². The summed E-state index contributed by atoms with van der Waals surface area (Å²) in [6, 6.07) is 16.5. The maximum Gasteiger partial charge on any atom is 0.227 e. The predicted molar refractivity (Wildman–Crippen MR) is 93.8 cm³/mol. The molecule has 0 spiro atoms. The monoisotopic (exact) mass is 341 g/mol. The molecule has 0 atom stereocenters. The lowest BCUT2D eigenvalue weighted by Gasteiger charge is -2.09. The highest BCUT2D eigenvalue weighted by Crippen LogP contribution is 2.23. The van der Waals surface area contributed by atoms with E-state index in [4.69, 9.17) is 16.3 Å². The third-order valence-electron chi connectivity index (χ3n) is 3.34. The number of ether oxygens (including phenoxy) is 1. The normalized spacial score (nSPS) is 10.4. The molecule has 0 bridgehead atoms. The Balaban J connectivity index is 1.49. The van der Waals surface area contributed by atoms with Crippen molar-refractivity contribution in [1.29, 1.82) is 0 Å². The van der Waals surface area contributed by atoms with Crippen LogP contribution < -0.4 is 10.1 Å². The highest BCUT2D eigenvalue weighted by atomic mass is 35.5. The minimum atomic E-state index is -0.117. The highest BCUT2D eigenvalue weighted by molar-refractivity contribution is 6.32. The molecule has 6 heteroatoms. The number of carbonyl (C=O) groups is 1. The Morgan fingerprint density at radius 3 is 2.62 bits per heavy atom. The molecule has 122 valence electrons. The fourth-order valence-electron chi connectivity index (χ4n) is 2.16. The van der Waals surface area contributed by atoms with Crippen molar-refractivity contribution in [3.8, 4) is 11.4 Å². The van der Waals surface area contributed by atoms with Crippen molar-refractivity contribution in [2.24, 2.45) is 0 Å². The zero-order chi connectivity index (χ0) is 16.8. The molecule has 0 saturated heterocycles. The number of nitrogens with one attached hydrogen (secondary N) is 1. The minimum absolute atomic E-state index is 0.117. The molecular weight excluding hydrogens is 326 g/mol. The van der Waals surface area contributed by atoms with E-state index in [-0.39, 0.29) is 18.9 Å². The van der Waals surface area contributed by atoms with Crippen molar-refractivity contribution in [1.82, 2.24) is 9.78 Å². The quantitative estimate of drug-likeness (QED) is 0.739. The lowest BCUT2D eigenvalue weighted by atomic mass is 10.2. The van der Waals surface area contributed by atoms with E-state index in [1.54, 1.807) is 23.0 Å². The van der Waals surface area contributed by atoms with Crippen LogP contribution in [0, 0.1) is 0 Å². The predicted octanol–water partition coefficient (Wildman–Crippen LogP) is 3.93. The Bertz CT molecular complexity index is 801. The summed E-state index contributed by atoms with van der Waals surface area (Å²) in [5.41, 5.74) is 1.66. The first-order valence-corrected chi connectivity index (χ1v) is 7.87. The van der Waals surface area contributed by atoms with Crippen LogP contribution in [-0.4, -0.2) is 22.3 Å². The first kappa shape index (κ1) is 16.1. The van der Waals surface area contributed by atoms with Crippen molar-refractivity contribution in [3.63, 3.8) is 0 Å². The average Bonchev–Trinajstić information content (AvgIpc) is 3.12. The number of anilines is 1. The van der Waals surface area contributed by atoms with Crippen LogP contribution in [0.4, 0.5) is 5.69 Å². The molecule has 0 fully saturated rings. The Morgan fingerprint density at radius 1 is 1.12 bits per heavy atom. The summed E-state index contributed by atoms with van der Waals surface area (Å²) in [5, 5.41) is 7.52. The number of para-hydroxylation sites is 1. The third-order valence-corrected chi connectivity index (χ3v) is 3.66. The van der Waals surface area contributed by atoms with Gasteiger partial charge in [-0.1, -0.05) is 23.7 Å². The van der Waals surface area contributed by atoms with Gasteiger partial charge >= 0.3 is 0 Å². The van der Waals surface area contributed by atoms with Gasteiger partial charge in [-0.05, 0) is 42.5 Å². The van der Waals surface area contributed by atoms with Gasteiger partial charge in [0.15, 0.2) is 0 Å². The van der Waals surface area contributed by atoms with Crippen LogP contribution in [0.3, 0.4) is 0 Å². The van der Waals surface area contributed by atoms with Crippen LogP contribution in [0.5, 0.6) is 5.75 Å². The van der Waals surface area contributed by atoms with Crippen LogP contribution >= 0.6 is 11.6 Å². The van der Waals surface area contributed by atoms with E-state index in [1.165, 1.54) is 0 Å². The van der Waals surface area contributed by atoms with E-state index < -0.39 is 0 Å². The maximum absolute atomic E-state index is 12.0. The number of hydrogen-bond acceptors (Lipinski definition) is 3. The first-order valence-electron chi connectivity index (χ1n) is 7.49.